The molecule has 0 bridgehead atoms. The lowest BCUT2D eigenvalue weighted by Gasteiger charge is -2.14. The van der Waals surface area contributed by atoms with Crippen LogP contribution in [-0.2, 0) is 0 Å². The topological polar surface area (TPSA) is 36.4 Å². The van der Waals surface area contributed by atoms with E-state index in [1.165, 1.54) is 5.56 Å². The first-order chi connectivity index (χ1) is 7.77. The Labute approximate surface area is 101 Å². The highest BCUT2D eigenvalue weighted by Crippen LogP contribution is 2.16. The summed E-state index contributed by atoms with van der Waals surface area (Å²) >= 11 is 1.72. The average molecular weight is 235 g/mol. The van der Waals surface area contributed by atoms with Crippen molar-refractivity contribution >= 4 is 17.3 Å². The summed E-state index contributed by atoms with van der Waals surface area (Å²) in [5, 5.41) is 10.5. The predicted molar refractivity (Wildman–Crippen MR) is 70.9 cm³/mol. The zero-order valence-electron chi connectivity index (χ0n) is 9.66. The largest absolute Gasteiger partial charge is 0.356 e. The predicted octanol–water partition coefficient (Wildman–Crippen LogP) is 1.65. The first-order valence-corrected chi connectivity index (χ1v) is 6.12. The monoisotopic (exact) mass is 235 g/mol. The van der Waals surface area contributed by atoms with Crippen LogP contribution in [0, 0.1) is 12.3 Å². The Bertz CT molecular complexity index is 362. The third kappa shape index (κ3) is 3.95. The van der Waals surface area contributed by atoms with Gasteiger partial charge >= 0.3 is 0 Å². The molecule has 4 heteroatoms. The van der Waals surface area contributed by atoms with Crippen LogP contribution >= 0.6 is 11.3 Å². The van der Waals surface area contributed by atoms with Crippen LogP contribution in [0.2, 0.25) is 0 Å². The molecule has 2 N–H and O–H groups in total. The minimum Gasteiger partial charge on any atom is -0.356 e. The fraction of sp³-hybridized carbons (Fsp3) is 0.417. The van der Waals surface area contributed by atoms with Crippen LogP contribution in [0.1, 0.15) is 18.4 Å². The molecule has 86 valence electrons. The Morgan fingerprint density at radius 1 is 1.62 bits per heavy atom. The molecule has 0 aliphatic heterocycles. The number of nitrogens with one attached hydrogen (secondary N) is 2. The van der Waals surface area contributed by atoms with Gasteiger partial charge in [0.15, 0.2) is 5.96 Å². The minimum absolute atomic E-state index is 0.468. The number of terminal acetylenes is 1. The van der Waals surface area contributed by atoms with Crippen molar-refractivity contribution in [2.24, 2.45) is 4.99 Å². The molecule has 1 heterocycles. The van der Waals surface area contributed by atoms with Gasteiger partial charge in [-0.05, 0) is 28.3 Å². The van der Waals surface area contributed by atoms with Crippen molar-refractivity contribution in [3.05, 3.63) is 22.4 Å². The highest BCUT2D eigenvalue weighted by atomic mass is 32.1. The number of hydrogen-bond acceptors (Lipinski definition) is 2. The van der Waals surface area contributed by atoms with E-state index in [0.29, 0.717) is 12.5 Å². The second kappa shape index (κ2) is 6.91. The van der Waals surface area contributed by atoms with Crippen LogP contribution < -0.4 is 10.6 Å². The quantitative estimate of drug-likeness (QED) is 0.473. The van der Waals surface area contributed by atoms with Crippen molar-refractivity contribution < 1.29 is 0 Å². The van der Waals surface area contributed by atoms with Gasteiger partial charge in [-0.1, -0.05) is 12.8 Å². The van der Waals surface area contributed by atoms with Gasteiger partial charge in [0.05, 0.1) is 6.54 Å². The van der Waals surface area contributed by atoms with Crippen LogP contribution in [0.3, 0.4) is 0 Å². The van der Waals surface area contributed by atoms with Crippen molar-refractivity contribution in [3.8, 4) is 12.3 Å². The van der Waals surface area contributed by atoms with Gasteiger partial charge in [0.25, 0.3) is 0 Å². The average Bonchev–Trinajstić information content (AvgIpc) is 2.82. The molecule has 1 unspecified atom stereocenters. The summed E-state index contributed by atoms with van der Waals surface area (Å²) in [5.41, 5.74) is 1.35. The zero-order chi connectivity index (χ0) is 11.8. The molecule has 0 radical (unpaired) electrons. The minimum atomic E-state index is 0.468. The van der Waals surface area contributed by atoms with Gasteiger partial charge in [-0.2, -0.15) is 11.3 Å². The van der Waals surface area contributed by atoms with Crippen molar-refractivity contribution in [1.29, 1.82) is 0 Å². The molecule has 1 rings (SSSR count). The highest BCUT2D eigenvalue weighted by molar-refractivity contribution is 7.07. The molecule has 16 heavy (non-hydrogen) atoms. The molecule has 0 fully saturated rings. The summed E-state index contributed by atoms with van der Waals surface area (Å²) in [4.78, 5) is 4.08. The molecule has 0 amide bonds. The van der Waals surface area contributed by atoms with Crippen LogP contribution in [0.5, 0.6) is 0 Å². The van der Waals surface area contributed by atoms with E-state index in [1.54, 1.807) is 18.4 Å². The summed E-state index contributed by atoms with van der Waals surface area (Å²) in [5.74, 6) is 3.74. The SMILES string of the molecule is C#CCNC(=NC)NCC(C)c1ccsc1. The smallest absolute Gasteiger partial charge is 0.191 e. The lowest BCUT2D eigenvalue weighted by Crippen LogP contribution is -2.39. The Kier molecular flexibility index (Phi) is 5.44. The molecular weight excluding hydrogens is 218 g/mol. The Morgan fingerprint density at radius 3 is 3.00 bits per heavy atom. The number of aliphatic imine (C=N–C) groups is 1. The second-order valence-corrected chi connectivity index (χ2v) is 4.25. The third-order valence-corrected chi connectivity index (χ3v) is 2.97. The lowest BCUT2D eigenvalue weighted by molar-refractivity contribution is 0.708. The van der Waals surface area contributed by atoms with Gasteiger partial charge in [0.2, 0.25) is 0 Å². The number of rotatable bonds is 4. The van der Waals surface area contributed by atoms with Gasteiger partial charge in [-0.3, -0.25) is 4.99 Å². The van der Waals surface area contributed by atoms with Gasteiger partial charge in [-0.25, -0.2) is 0 Å². The Morgan fingerprint density at radius 2 is 2.44 bits per heavy atom. The molecule has 0 saturated heterocycles. The summed E-state index contributed by atoms with van der Waals surface area (Å²) < 4.78 is 0. The second-order valence-electron chi connectivity index (χ2n) is 3.47. The molecular formula is C12H17N3S. The summed E-state index contributed by atoms with van der Waals surface area (Å²) in [6.07, 6.45) is 5.17. The number of thiophene rings is 1. The maximum absolute atomic E-state index is 5.17. The molecule has 0 aliphatic carbocycles. The van der Waals surface area contributed by atoms with Crippen LogP contribution in [0.25, 0.3) is 0 Å². The standard InChI is InChI=1S/C12H17N3S/c1-4-6-14-12(13-3)15-8-10(2)11-5-7-16-9-11/h1,5,7,9-10H,6,8H2,2-3H3,(H2,13,14,15). The van der Waals surface area contributed by atoms with E-state index < -0.39 is 0 Å². The van der Waals surface area contributed by atoms with Crippen molar-refractivity contribution in [2.75, 3.05) is 20.1 Å². The molecule has 1 atom stereocenters. The zero-order valence-corrected chi connectivity index (χ0v) is 10.5. The molecule has 0 saturated carbocycles. The van der Waals surface area contributed by atoms with Crippen molar-refractivity contribution in [2.45, 2.75) is 12.8 Å². The first-order valence-electron chi connectivity index (χ1n) is 5.18. The third-order valence-electron chi connectivity index (χ3n) is 2.27. The van der Waals surface area contributed by atoms with Gasteiger partial charge in [0, 0.05) is 13.6 Å². The summed E-state index contributed by atoms with van der Waals surface area (Å²) in [6, 6.07) is 2.15. The van der Waals surface area contributed by atoms with E-state index in [4.69, 9.17) is 6.42 Å². The van der Waals surface area contributed by atoms with Crippen LogP contribution in [-0.4, -0.2) is 26.1 Å². The molecule has 0 aromatic carbocycles. The molecule has 1 aromatic rings. The van der Waals surface area contributed by atoms with E-state index in [-0.39, 0.29) is 0 Å². The summed E-state index contributed by atoms with van der Waals surface area (Å²) in [7, 11) is 1.74. The Balaban J connectivity index is 2.36. The van der Waals surface area contributed by atoms with E-state index >= 15 is 0 Å². The number of hydrogen-bond donors (Lipinski definition) is 2. The normalized spacial score (nSPS) is 12.9. The molecule has 1 aromatic heterocycles. The maximum atomic E-state index is 5.17. The van der Waals surface area contributed by atoms with Crippen LogP contribution in [0.4, 0.5) is 0 Å². The first kappa shape index (κ1) is 12.6. The van der Waals surface area contributed by atoms with Gasteiger partial charge in [0.1, 0.15) is 0 Å². The summed E-state index contributed by atoms with van der Waals surface area (Å²) in [6.45, 7) is 3.52. The molecule has 0 spiro atoms. The molecule has 3 nitrogen and oxygen atoms in total. The van der Waals surface area contributed by atoms with E-state index in [9.17, 15) is 0 Å². The molecule has 0 aliphatic rings. The Hall–Kier alpha value is -1.47. The number of guanidine groups is 1. The fourth-order valence-corrected chi connectivity index (χ4v) is 2.06. The van der Waals surface area contributed by atoms with Crippen molar-refractivity contribution in [3.63, 3.8) is 0 Å². The van der Waals surface area contributed by atoms with E-state index in [0.717, 1.165) is 12.5 Å². The van der Waals surface area contributed by atoms with Gasteiger partial charge < -0.3 is 10.6 Å². The van der Waals surface area contributed by atoms with Gasteiger partial charge in [-0.15, -0.1) is 6.42 Å². The van der Waals surface area contributed by atoms with Crippen molar-refractivity contribution in [1.82, 2.24) is 10.6 Å². The van der Waals surface area contributed by atoms with E-state index in [2.05, 4.69) is 45.3 Å². The van der Waals surface area contributed by atoms with Crippen LogP contribution in [0.15, 0.2) is 21.8 Å². The highest BCUT2D eigenvalue weighted by Gasteiger charge is 2.06. The number of nitrogens with zero attached hydrogens (tertiary/aromatic N) is 1. The fourth-order valence-electron chi connectivity index (χ4n) is 1.28. The lowest BCUT2D eigenvalue weighted by atomic mass is 10.1. The maximum Gasteiger partial charge on any atom is 0.191 e. The van der Waals surface area contributed by atoms with E-state index in [1.807, 2.05) is 0 Å².